The molecule has 0 aliphatic rings. The number of hydrogen-bond donors (Lipinski definition) is 2. The van der Waals surface area contributed by atoms with Crippen molar-refractivity contribution in [3.8, 4) is 0 Å². The summed E-state index contributed by atoms with van der Waals surface area (Å²) in [6.45, 7) is 1.98. The zero-order chi connectivity index (χ0) is 12.8. The lowest BCUT2D eigenvalue weighted by atomic mass is 10.1. The molecule has 4 nitrogen and oxygen atoms in total. The summed E-state index contributed by atoms with van der Waals surface area (Å²) >= 11 is 0. The van der Waals surface area contributed by atoms with Crippen molar-refractivity contribution >= 4 is 5.91 Å². The first-order valence-electron chi connectivity index (χ1n) is 5.35. The second kappa shape index (κ2) is 6.32. The number of carbonyl (C=O) groups is 1. The lowest BCUT2D eigenvalue weighted by Gasteiger charge is -2.17. The van der Waals surface area contributed by atoms with E-state index in [1.54, 1.807) is 12.1 Å². The molecule has 1 aromatic carbocycles. The SMILES string of the molecule is COCC(N)C(=O)N[C@H](C)c1ccc(F)cc1. The topological polar surface area (TPSA) is 64.3 Å². The van der Waals surface area contributed by atoms with Gasteiger partial charge in [-0.3, -0.25) is 4.79 Å². The third kappa shape index (κ3) is 4.13. The fraction of sp³-hybridized carbons (Fsp3) is 0.417. The van der Waals surface area contributed by atoms with Crippen LogP contribution in [0.2, 0.25) is 0 Å². The molecular formula is C12H17FN2O2. The molecule has 0 bridgehead atoms. The number of rotatable bonds is 5. The molecule has 0 aliphatic heterocycles. The summed E-state index contributed by atoms with van der Waals surface area (Å²) in [5, 5.41) is 2.73. The standard InChI is InChI=1S/C12H17FN2O2/c1-8(9-3-5-10(13)6-4-9)15-12(16)11(14)7-17-2/h3-6,8,11H,7,14H2,1-2H3,(H,15,16)/t8-,11?/m1/s1. The van der Waals surface area contributed by atoms with E-state index in [0.29, 0.717) is 0 Å². The molecule has 0 spiro atoms. The molecule has 3 N–H and O–H groups in total. The van der Waals surface area contributed by atoms with Gasteiger partial charge in [0.2, 0.25) is 5.91 Å². The number of methoxy groups -OCH3 is 1. The summed E-state index contributed by atoms with van der Waals surface area (Å²) in [6, 6.07) is 5.05. The van der Waals surface area contributed by atoms with E-state index in [1.807, 2.05) is 6.92 Å². The zero-order valence-corrected chi connectivity index (χ0v) is 9.94. The predicted molar refractivity (Wildman–Crippen MR) is 62.8 cm³/mol. The highest BCUT2D eigenvalue weighted by Gasteiger charge is 2.16. The van der Waals surface area contributed by atoms with E-state index >= 15 is 0 Å². The molecule has 0 saturated heterocycles. The molecule has 5 heteroatoms. The van der Waals surface area contributed by atoms with Gasteiger partial charge in [-0.2, -0.15) is 0 Å². The fourth-order valence-electron chi connectivity index (χ4n) is 1.41. The third-order valence-electron chi connectivity index (χ3n) is 2.41. The Kier molecular flexibility index (Phi) is 5.06. The summed E-state index contributed by atoms with van der Waals surface area (Å²) in [6.07, 6.45) is 0. The highest BCUT2D eigenvalue weighted by atomic mass is 19.1. The number of halogens is 1. The van der Waals surface area contributed by atoms with Crippen LogP contribution < -0.4 is 11.1 Å². The van der Waals surface area contributed by atoms with Crippen LogP contribution in [0.3, 0.4) is 0 Å². The maximum Gasteiger partial charge on any atom is 0.239 e. The Morgan fingerprint density at radius 2 is 2.06 bits per heavy atom. The van der Waals surface area contributed by atoms with Gasteiger partial charge < -0.3 is 15.8 Å². The Morgan fingerprint density at radius 3 is 2.59 bits per heavy atom. The maximum atomic E-state index is 12.7. The summed E-state index contributed by atoms with van der Waals surface area (Å²) < 4.78 is 17.5. The highest BCUT2D eigenvalue weighted by molar-refractivity contribution is 5.82. The van der Waals surface area contributed by atoms with Crippen molar-refractivity contribution in [1.29, 1.82) is 0 Å². The third-order valence-corrected chi connectivity index (χ3v) is 2.41. The number of ether oxygens (including phenoxy) is 1. The molecule has 1 unspecified atom stereocenters. The average molecular weight is 240 g/mol. The van der Waals surface area contributed by atoms with Gasteiger partial charge >= 0.3 is 0 Å². The molecule has 0 radical (unpaired) electrons. The fourth-order valence-corrected chi connectivity index (χ4v) is 1.41. The minimum Gasteiger partial charge on any atom is -0.383 e. The van der Waals surface area contributed by atoms with Gasteiger partial charge in [-0.1, -0.05) is 12.1 Å². The summed E-state index contributed by atoms with van der Waals surface area (Å²) in [4.78, 5) is 11.6. The summed E-state index contributed by atoms with van der Waals surface area (Å²) in [7, 11) is 1.48. The number of carbonyl (C=O) groups excluding carboxylic acids is 1. The van der Waals surface area contributed by atoms with E-state index < -0.39 is 6.04 Å². The van der Waals surface area contributed by atoms with E-state index in [-0.39, 0.29) is 24.4 Å². The molecule has 1 rings (SSSR count). The molecular weight excluding hydrogens is 223 g/mol. The van der Waals surface area contributed by atoms with Crippen LogP contribution in [-0.4, -0.2) is 25.7 Å². The summed E-state index contributed by atoms with van der Waals surface area (Å²) in [5.41, 5.74) is 6.40. The van der Waals surface area contributed by atoms with Gasteiger partial charge in [0.15, 0.2) is 0 Å². The van der Waals surface area contributed by atoms with Gasteiger partial charge in [0.05, 0.1) is 12.6 Å². The van der Waals surface area contributed by atoms with Gasteiger partial charge in [0.1, 0.15) is 11.9 Å². The highest BCUT2D eigenvalue weighted by Crippen LogP contribution is 2.12. The van der Waals surface area contributed by atoms with Crippen LogP contribution in [-0.2, 0) is 9.53 Å². The van der Waals surface area contributed by atoms with Crippen molar-refractivity contribution in [3.05, 3.63) is 35.6 Å². The van der Waals surface area contributed by atoms with Crippen LogP contribution in [0.1, 0.15) is 18.5 Å². The monoisotopic (exact) mass is 240 g/mol. The second-order valence-corrected chi connectivity index (χ2v) is 3.84. The largest absolute Gasteiger partial charge is 0.383 e. The first kappa shape index (κ1) is 13.6. The van der Waals surface area contributed by atoms with Crippen LogP contribution in [0.4, 0.5) is 4.39 Å². The molecule has 0 saturated carbocycles. The van der Waals surface area contributed by atoms with Crippen LogP contribution in [0.15, 0.2) is 24.3 Å². The van der Waals surface area contributed by atoms with E-state index in [1.165, 1.54) is 19.2 Å². The van der Waals surface area contributed by atoms with Gasteiger partial charge in [-0.05, 0) is 24.6 Å². The molecule has 0 aromatic heterocycles. The van der Waals surface area contributed by atoms with Gasteiger partial charge in [-0.15, -0.1) is 0 Å². The van der Waals surface area contributed by atoms with Gasteiger partial charge in [0.25, 0.3) is 0 Å². The average Bonchev–Trinajstić information content (AvgIpc) is 2.30. The minimum absolute atomic E-state index is 0.169. The number of nitrogens with two attached hydrogens (primary N) is 1. The molecule has 2 atom stereocenters. The second-order valence-electron chi connectivity index (χ2n) is 3.84. The quantitative estimate of drug-likeness (QED) is 0.806. The predicted octanol–water partition coefficient (Wildman–Crippen LogP) is 0.977. The molecule has 0 fully saturated rings. The van der Waals surface area contributed by atoms with E-state index in [2.05, 4.69) is 5.32 Å². The normalized spacial score (nSPS) is 14.1. The van der Waals surface area contributed by atoms with E-state index in [4.69, 9.17) is 10.5 Å². The Balaban J connectivity index is 2.57. The van der Waals surface area contributed by atoms with Crippen molar-refractivity contribution < 1.29 is 13.9 Å². The number of nitrogens with one attached hydrogen (secondary N) is 1. The number of amides is 1. The molecule has 0 heterocycles. The lowest BCUT2D eigenvalue weighted by molar-refractivity contribution is -0.124. The van der Waals surface area contributed by atoms with Gasteiger partial charge in [-0.25, -0.2) is 4.39 Å². The Labute approximate surface area is 100.0 Å². The van der Waals surface area contributed by atoms with E-state index in [9.17, 15) is 9.18 Å². The van der Waals surface area contributed by atoms with Crippen LogP contribution >= 0.6 is 0 Å². The molecule has 17 heavy (non-hydrogen) atoms. The van der Waals surface area contributed by atoms with Crippen LogP contribution in [0.25, 0.3) is 0 Å². The number of benzene rings is 1. The Morgan fingerprint density at radius 1 is 1.47 bits per heavy atom. The Bertz CT molecular complexity index is 367. The van der Waals surface area contributed by atoms with Crippen molar-refractivity contribution in [2.75, 3.05) is 13.7 Å². The zero-order valence-electron chi connectivity index (χ0n) is 9.94. The first-order chi connectivity index (χ1) is 8.04. The van der Waals surface area contributed by atoms with Crippen molar-refractivity contribution in [1.82, 2.24) is 5.32 Å². The minimum atomic E-state index is -0.692. The first-order valence-corrected chi connectivity index (χ1v) is 5.35. The summed E-state index contributed by atoms with van der Waals surface area (Å²) in [5.74, 6) is -0.591. The van der Waals surface area contributed by atoms with E-state index in [0.717, 1.165) is 5.56 Å². The smallest absolute Gasteiger partial charge is 0.239 e. The Hall–Kier alpha value is -1.46. The molecule has 94 valence electrons. The molecule has 0 aliphatic carbocycles. The molecule has 1 amide bonds. The number of hydrogen-bond acceptors (Lipinski definition) is 3. The van der Waals surface area contributed by atoms with Crippen LogP contribution in [0, 0.1) is 5.82 Å². The lowest BCUT2D eigenvalue weighted by Crippen LogP contribution is -2.44. The van der Waals surface area contributed by atoms with Crippen LogP contribution in [0.5, 0.6) is 0 Å². The van der Waals surface area contributed by atoms with Gasteiger partial charge in [0, 0.05) is 7.11 Å². The van der Waals surface area contributed by atoms with Crippen molar-refractivity contribution in [3.63, 3.8) is 0 Å². The van der Waals surface area contributed by atoms with Crippen molar-refractivity contribution in [2.24, 2.45) is 5.73 Å². The van der Waals surface area contributed by atoms with Crippen molar-refractivity contribution in [2.45, 2.75) is 19.0 Å². The maximum absolute atomic E-state index is 12.7. The molecule has 1 aromatic rings.